The number of Topliss-reactive ketones (excluding diaryl/α,β-unsaturated/α-hetero) is 1. The molecule has 0 aliphatic carbocycles. The third-order valence-corrected chi connectivity index (χ3v) is 7.61. The summed E-state index contributed by atoms with van der Waals surface area (Å²) < 4.78 is 10.3. The lowest BCUT2D eigenvalue weighted by Gasteiger charge is -2.36. The Kier molecular flexibility index (Phi) is 7.38. The van der Waals surface area contributed by atoms with E-state index in [1.54, 1.807) is 35.4 Å². The fraction of sp³-hybridized carbons (Fsp3) is 0.129. The number of methoxy groups -OCH3 is 2. The molecule has 196 valence electrons. The number of anilines is 1. The van der Waals surface area contributed by atoms with Crippen molar-refractivity contribution in [3.63, 3.8) is 0 Å². The Balaban J connectivity index is 1.81. The van der Waals surface area contributed by atoms with E-state index in [9.17, 15) is 14.4 Å². The van der Waals surface area contributed by atoms with Crippen molar-refractivity contribution in [3.05, 3.63) is 129 Å². The van der Waals surface area contributed by atoms with Gasteiger partial charge in [-0.3, -0.25) is 4.79 Å². The summed E-state index contributed by atoms with van der Waals surface area (Å²) in [5.41, 5.74) is 4.22. The Hall–Kier alpha value is -4.56. The van der Waals surface area contributed by atoms with Crippen LogP contribution in [-0.2, 0) is 19.1 Å². The van der Waals surface area contributed by atoms with Gasteiger partial charge in [-0.05, 0) is 36.3 Å². The second-order valence-corrected chi connectivity index (χ2v) is 9.97. The van der Waals surface area contributed by atoms with Gasteiger partial charge in [0.05, 0.1) is 25.8 Å². The minimum Gasteiger partial charge on any atom is -0.466 e. The Bertz CT molecular complexity index is 1540. The molecular weight excluding hydrogens is 512 g/mol. The summed E-state index contributed by atoms with van der Waals surface area (Å²) in [7, 11) is 2.53. The van der Waals surface area contributed by atoms with Crippen molar-refractivity contribution in [2.75, 3.05) is 19.5 Å². The Morgan fingerprint density at radius 1 is 0.846 bits per heavy atom. The van der Waals surface area contributed by atoms with Crippen LogP contribution in [0.4, 0.5) is 5.69 Å². The second kappa shape index (κ2) is 11.0. The molecule has 1 unspecified atom stereocenters. The average molecular weight is 539 g/mol. The number of thioether (sulfide) groups is 1. The highest BCUT2D eigenvalue weighted by atomic mass is 32.2. The molecule has 0 saturated carbocycles. The average Bonchev–Trinajstić information content (AvgIpc) is 3.12. The van der Waals surface area contributed by atoms with E-state index in [2.05, 4.69) is 5.32 Å². The van der Waals surface area contributed by atoms with Crippen LogP contribution in [0.3, 0.4) is 0 Å². The molecule has 0 saturated heterocycles. The van der Waals surface area contributed by atoms with Crippen LogP contribution < -0.4 is 5.32 Å². The van der Waals surface area contributed by atoms with Gasteiger partial charge in [-0.1, -0.05) is 84.1 Å². The van der Waals surface area contributed by atoms with Crippen LogP contribution in [-0.4, -0.2) is 36.8 Å². The molecular formula is C31H26N2O5S. The first-order valence-electron chi connectivity index (χ1n) is 12.2. The highest BCUT2D eigenvalue weighted by molar-refractivity contribution is 8.07. The zero-order chi connectivity index (χ0) is 27.5. The molecule has 8 heteroatoms. The Morgan fingerprint density at radius 2 is 1.51 bits per heavy atom. The number of hydrogen-bond donors (Lipinski definition) is 1. The van der Waals surface area contributed by atoms with E-state index in [4.69, 9.17) is 9.47 Å². The molecule has 0 radical (unpaired) electrons. The first-order chi connectivity index (χ1) is 18.9. The number of hydrogen-bond acceptors (Lipinski definition) is 8. The van der Waals surface area contributed by atoms with Crippen LogP contribution in [0.15, 0.2) is 106 Å². The molecule has 0 aromatic heterocycles. The van der Waals surface area contributed by atoms with Crippen LogP contribution in [0.2, 0.25) is 0 Å². The summed E-state index contributed by atoms with van der Waals surface area (Å²) in [6.45, 7) is 1.98. The van der Waals surface area contributed by atoms with Gasteiger partial charge in [-0.25, -0.2) is 9.59 Å². The topological polar surface area (TPSA) is 84.9 Å². The molecule has 3 aromatic carbocycles. The SMILES string of the molecule is COC(=O)C1=C(C(=O)OC)C2c3ccccc3C=CN2C(C(=O)c2ccccc2)=C(Nc2ccc(C)cc2)S1. The highest BCUT2D eigenvalue weighted by Crippen LogP contribution is 2.48. The van der Waals surface area contributed by atoms with Gasteiger partial charge in [0.15, 0.2) is 0 Å². The van der Waals surface area contributed by atoms with Gasteiger partial charge in [0.1, 0.15) is 15.6 Å². The first-order valence-corrected chi connectivity index (χ1v) is 13.1. The van der Waals surface area contributed by atoms with Crippen molar-refractivity contribution in [1.82, 2.24) is 4.90 Å². The standard InChI is InChI=1S/C31H26N2O5S/c1-19-13-15-22(16-14-19)32-29-26(27(34)21-10-5-4-6-11-21)33-18-17-20-9-7-8-12-23(20)25(33)24(30(35)37-2)28(39-29)31(36)38-3/h4-18,25,32H,1-3H3. The number of esters is 2. The normalized spacial score (nSPS) is 16.2. The quantitative estimate of drug-likeness (QED) is 0.310. The third kappa shape index (κ3) is 4.98. The van der Waals surface area contributed by atoms with E-state index in [0.29, 0.717) is 16.3 Å². The third-order valence-electron chi connectivity index (χ3n) is 6.52. The molecule has 1 atom stereocenters. The number of benzene rings is 3. The summed E-state index contributed by atoms with van der Waals surface area (Å²) in [4.78, 5) is 42.6. The summed E-state index contributed by atoms with van der Waals surface area (Å²) in [5, 5.41) is 3.72. The number of nitrogens with zero attached hydrogens (tertiary/aromatic N) is 1. The van der Waals surface area contributed by atoms with Crippen LogP contribution in [0.5, 0.6) is 0 Å². The number of nitrogens with one attached hydrogen (secondary N) is 1. The summed E-state index contributed by atoms with van der Waals surface area (Å²) in [6.07, 6.45) is 3.65. The first kappa shape index (κ1) is 26.1. The number of allylic oxidation sites excluding steroid dienone is 1. The smallest absolute Gasteiger partial charge is 0.345 e. The zero-order valence-corrected chi connectivity index (χ0v) is 22.5. The molecule has 0 bridgehead atoms. The molecule has 0 amide bonds. The van der Waals surface area contributed by atoms with Crippen molar-refractivity contribution < 1.29 is 23.9 Å². The van der Waals surface area contributed by atoms with E-state index < -0.39 is 18.0 Å². The fourth-order valence-electron chi connectivity index (χ4n) is 4.61. The summed E-state index contributed by atoms with van der Waals surface area (Å²) in [6, 6.07) is 23.3. The number of carbonyl (C=O) groups excluding carboxylic acids is 3. The number of rotatable bonds is 6. The fourth-order valence-corrected chi connectivity index (χ4v) is 5.75. The summed E-state index contributed by atoms with van der Waals surface area (Å²) >= 11 is 0.984. The van der Waals surface area contributed by atoms with Crippen LogP contribution in [0, 0.1) is 6.92 Å². The molecule has 1 N–H and O–H groups in total. The highest BCUT2D eigenvalue weighted by Gasteiger charge is 2.43. The molecule has 0 fully saturated rings. The van der Waals surface area contributed by atoms with Gasteiger partial charge in [-0.2, -0.15) is 0 Å². The lowest BCUT2D eigenvalue weighted by Crippen LogP contribution is -2.34. The zero-order valence-electron chi connectivity index (χ0n) is 21.6. The predicted molar refractivity (Wildman–Crippen MR) is 151 cm³/mol. The Morgan fingerprint density at radius 3 is 2.21 bits per heavy atom. The maximum Gasteiger partial charge on any atom is 0.345 e. The van der Waals surface area contributed by atoms with E-state index >= 15 is 0 Å². The molecule has 7 nitrogen and oxygen atoms in total. The summed E-state index contributed by atoms with van der Waals surface area (Å²) in [5.74, 6) is -1.67. The van der Waals surface area contributed by atoms with Crippen molar-refractivity contribution in [2.45, 2.75) is 13.0 Å². The number of ether oxygens (including phenoxy) is 2. The second-order valence-electron chi connectivity index (χ2n) is 8.95. The van der Waals surface area contributed by atoms with Gasteiger partial charge in [0.2, 0.25) is 5.78 Å². The van der Waals surface area contributed by atoms with Crippen LogP contribution in [0.1, 0.15) is 33.1 Å². The van der Waals surface area contributed by atoms with E-state index in [1.807, 2.05) is 67.6 Å². The predicted octanol–water partition coefficient (Wildman–Crippen LogP) is 5.83. The minimum absolute atomic E-state index is 0.0370. The molecule has 2 aliphatic heterocycles. The molecule has 39 heavy (non-hydrogen) atoms. The maximum atomic E-state index is 14.2. The van der Waals surface area contributed by atoms with Crippen molar-refractivity contribution >= 4 is 41.2 Å². The van der Waals surface area contributed by atoms with Gasteiger partial charge in [0, 0.05) is 17.5 Å². The molecule has 0 spiro atoms. The lowest BCUT2D eigenvalue weighted by molar-refractivity contribution is -0.139. The molecule has 2 aliphatic rings. The van der Waals surface area contributed by atoms with Gasteiger partial charge in [0.25, 0.3) is 0 Å². The van der Waals surface area contributed by atoms with Gasteiger partial charge < -0.3 is 19.7 Å². The van der Waals surface area contributed by atoms with Crippen molar-refractivity contribution in [3.8, 4) is 0 Å². The number of carbonyl (C=O) groups is 3. The van der Waals surface area contributed by atoms with E-state index in [-0.39, 0.29) is 22.0 Å². The van der Waals surface area contributed by atoms with E-state index in [0.717, 1.165) is 28.5 Å². The van der Waals surface area contributed by atoms with Gasteiger partial charge in [-0.15, -0.1) is 0 Å². The number of fused-ring (bicyclic) bond motifs is 3. The van der Waals surface area contributed by atoms with Crippen LogP contribution >= 0.6 is 11.8 Å². The number of ketones is 1. The van der Waals surface area contributed by atoms with Crippen molar-refractivity contribution in [2.24, 2.45) is 0 Å². The minimum atomic E-state index is -0.819. The number of aryl methyl sites for hydroxylation is 1. The molecule has 5 rings (SSSR count). The van der Waals surface area contributed by atoms with Gasteiger partial charge >= 0.3 is 11.9 Å². The molecule has 2 heterocycles. The van der Waals surface area contributed by atoms with Crippen molar-refractivity contribution in [1.29, 1.82) is 0 Å². The largest absolute Gasteiger partial charge is 0.466 e. The monoisotopic (exact) mass is 538 g/mol. The van der Waals surface area contributed by atoms with E-state index in [1.165, 1.54) is 14.2 Å². The maximum absolute atomic E-state index is 14.2. The lowest BCUT2D eigenvalue weighted by atomic mass is 9.89. The van der Waals surface area contributed by atoms with Crippen LogP contribution in [0.25, 0.3) is 6.08 Å². The molecule has 3 aromatic rings. The Labute approximate surface area is 230 Å².